The Bertz CT molecular complexity index is 1480. The van der Waals surface area contributed by atoms with E-state index in [1.54, 1.807) is 0 Å². The van der Waals surface area contributed by atoms with Crippen molar-refractivity contribution in [3.8, 4) is 0 Å². The first-order valence-electron chi connectivity index (χ1n) is 27.3. The smallest absolute Gasteiger partial charge is 0.306 e. The molecule has 0 aliphatic carbocycles. The Morgan fingerprint density at radius 2 is 0.507 bits per heavy atom. The van der Waals surface area contributed by atoms with Crippen molar-refractivity contribution in [1.82, 2.24) is 0 Å². The number of carbonyl (C=O) groups is 3. The number of rotatable bonds is 47. The van der Waals surface area contributed by atoms with E-state index in [0.29, 0.717) is 19.3 Å². The third-order valence-electron chi connectivity index (χ3n) is 10.8. The third-order valence-corrected chi connectivity index (χ3v) is 10.8. The third kappa shape index (κ3) is 54.1. The molecule has 0 spiro atoms. The van der Waals surface area contributed by atoms with Crippen LogP contribution in [0.15, 0.2) is 146 Å². The minimum absolute atomic E-state index is 0.151. The Labute approximate surface area is 423 Å². The molecule has 0 bridgehead atoms. The lowest BCUT2D eigenvalue weighted by Crippen LogP contribution is -2.30. The first-order chi connectivity index (χ1) is 34.0. The summed E-state index contributed by atoms with van der Waals surface area (Å²) < 4.78 is 16.7. The van der Waals surface area contributed by atoms with Gasteiger partial charge < -0.3 is 14.2 Å². The number of hydrogen-bond acceptors (Lipinski definition) is 6. The molecule has 0 heterocycles. The van der Waals surface area contributed by atoms with E-state index in [2.05, 4.69) is 167 Å². The summed E-state index contributed by atoms with van der Waals surface area (Å²) >= 11 is 0. The van der Waals surface area contributed by atoms with Crippen LogP contribution in [0, 0.1) is 0 Å². The topological polar surface area (TPSA) is 78.9 Å². The summed E-state index contributed by atoms with van der Waals surface area (Å²) in [6.07, 6.45) is 79.9. The predicted molar refractivity (Wildman–Crippen MR) is 297 cm³/mol. The highest BCUT2D eigenvalue weighted by Gasteiger charge is 2.19. The lowest BCUT2D eigenvalue weighted by atomic mass is 10.2. The number of carbonyl (C=O) groups excluding carboxylic acids is 3. The first kappa shape index (κ1) is 64.3. The van der Waals surface area contributed by atoms with Crippen molar-refractivity contribution in [3.05, 3.63) is 146 Å². The first-order valence-corrected chi connectivity index (χ1v) is 27.3. The Morgan fingerprint density at radius 1 is 0.290 bits per heavy atom. The van der Waals surface area contributed by atoms with Crippen molar-refractivity contribution in [2.45, 2.75) is 219 Å². The van der Waals surface area contributed by atoms with E-state index in [9.17, 15) is 14.4 Å². The van der Waals surface area contributed by atoms with E-state index < -0.39 is 12.1 Å². The molecule has 386 valence electrons. The molecule has 0 atom stereocenters. The van der Waals surface area contributed by atoms with Gasteiger partial charge in [-0.25, -0.2) is 0 Å². The predicted octanol–water partition coefficient (Wildman–Crippen LogP) is 18.4. The van der Waals surface area contributed by atoms with Gasteiger partial charge in [0.2, 0.25) is 0 Å². The molecule has 0 rings (SSSR count). The molecule has 0 fully saturated rings. The molecule has 0 aromatic carbocycles. The Kier molecular flexibility index (Phi) is 52.1. The van der Waals surface area contributed by atoms with Crippen molar-refractivity contribution in [2.24, 2.45) is 0 Å². The van der Waals surface area contributed by atoms with E-state index in [1.165, 1.54) is 77.0 Å². The van der Waals surface area contributed by atoms with Gasteiger partial charge in [0.25, 0.3) is 0 Å². The highest BCUT2D eigenvalue weighted by Crippen LogP contribution is 2.09. The average Bonchev–Trinajstić information content (AvgIpc) is 3.35. The zero-order valence-corrected chi connectivity index (χ0v) is 44.0. The fourth-order valence-corrected chi connectivity index (χ4v) is 6.65. The lowest BCUT2D eigenvalue weighted by Gasteiger charge is -2.18. The van der Waals surface area contributed by atoms with Gasteiger partial charge in [0.05, 0.1) is 0 Å². The SMILES string of the molecule is CCCCC/C=C\C/C=C\C/C=C\C/C=C\CCCC(=O)OCC(COC(=O)CCC/C=C\C/C=C\C/C=C\C/C=C\CCCCC)OC(=O)CCC/C=C\C/C=C\C/C=C\C/C=C\CCCCC. The quantitative estimate of drug-likeness (QED) is 0.0262. The minimum atomic E-state index is -0.857. The van der Waals surface area contributed by atoms with Crippen LogP contribution in [0.25, 0.3) is 0 Å². The van der Waals surface area contributed by atoms with Crippen molar-refractivity contribution in [1.29, 1.82) is 0 Å². The Balaban J connectivity index is 4.68. The number of allylic oxidation sites excluding steroid dienone is 24. The second-order valence-electron chi connectivity index (χ2n) is 17.4. The van der Waals surface area contributed by atoms with Crippen LogP contribution < -0.4 is 0 Å². The fourth-order valence-electron chi connectivity index (χ4n) is 6.65. The largest absolute Gasteiger partial charge is 0.462 e. The summed E-state index contributed by atoms with van der Waals surface area (Å²) in [5.74, 6) is -1.13. The summed E-state index contributed by atoms with van der Waals surface area (Å²) in [4.78, 5) is 38.0. The standard InChI is InChI=1S/C63H98O6/c1-4-7-10-13-16-19-22-25-28-31-34-37-40-43-46-49-52-55-61(64)67-58-60(69-63(66)57-54-51-48-45-42-39-36-33-30-27-24-21-18-15-12-9-6-3)59-68-62(65)56-53-50-47-44-41-38-35-32-29-26-23-20-17-14-11-8-5-2/h16-21,25-30,34-39,43-48,60H,4-15,22-24,31-33,40-42,49-59H2,1-3H3/b19-16-,20-17-,21-18-,28-25-,29-26-,30-27-,37-34-,38-35-,39-36-,46-43-,47-44-,48-45-. The average molecular weight is 951 g/mol. The Morgan fingerprint density at radius 3 is 0.754 bits per heavy atom. The van der Waals surface area contributed by atoms with E-state index >= 15 is 0 Å². The van der Waals surface area contributed by atoms with Gasteiger partial charge in [-0.2, -0.15) is 0 Å². The van der Waals surface area contributed by atoms with Crippen molar-refractivity contribution < 1.29 is 28.6 Å². The van der Waals surface area contributed by atoms with Crippen LogP contribution in [-0.4, -0.2) is 37.2 Å². The Hall–Kier alpha value is -4.71. The number of ether oxygens (including phenoxy) is 3. The second-order valence-corrected chi connectivity index (χ2v) is 17.4. The van der Waals surface area contributed by atoms with Gasteiger partial charge in [-0.05, 0) is 135 Å². The normalized spacial score (nSPS) is 12.9. The van der Waals surface area contributed by atoms with Crippen LogP contribution in [0.2, 0.25) is 0 Å². The van der Waals surface area contributed by atoms with Crippen LogP contribution >= 0.6 is 0 Å². The zero-order chi connectivity index (χ0) is 50.0. The van der Waals surface area contributed by atoms with Gasteiger partial charge in [-0.1, -0.05) is 205 Å². The summed E-state index contributed by atoms with van der Waals surface area (Å²) in [5, 5.41) is 0. The van der Waals surface area contributed by atoms with Crippen LogP contribution in [0.5, 0.6) is 0 Å². The van der Waals surface area contributed by atoms with Crippen LogP contribution in [-0.2, 0) is 28.6 Å². The van der Waals surface area contributed by atoms with Crippen molar-refractivity contribution in [3.63, 3.8) is 0 Å². The number of hydrogen-bond donors (Lipinski definition) is 0. The molecule has 0 saturated heterocycles. The zero-order valence-electron chi connectivity index (χ0n) is 44.0. The van der Waals surface area contributed by atoms with Crippen LogP contribution in [0.4, 0.5) is 0 Å². The molecule has 0 radical (unpaired) electrons. The molecule has 0 aromatic heterocycles. The minimum Gasteiger partial charge on any atom is -0.462 e. The molecule has 6 heteroatoms. The van der Waals surface area contributed by atoms with Crippen LogP contribution in [0.3, 0.4) is 0 Å². The molecule has 6 nitrogen and oxygen atoms in total. The van der Waals surface area contributed by atoms with Gasteiger partial charge in [0, 0.05) is 19.3 Å². The molecule has 0 aliphatic rings. The van der Waals surface area contributed by atoms with Gasteiger partial charge >= 0.3 is 17.9 Å². The van der Waals surface area contributed by atoms with Crippen molar-refractivity contribution in [2.75, 3.05) is 13.2 Å². The lowest BCUT2D eigenvalue weighted by molar-refractivity contribution is -0.166. The van der Waals surface area contributed by atoms with Gasteiger partial charge in [0.15, 0.2) is 6.10 Å². The van der Waals surface area contributed by atoms with E-state index in [-0.39, 0.29) is 44.4 Å². The highest BCUT2D eigenvalue weighted by molar-refractivity contribution is 5.71. The monoisotopic (exact) mass is 951 g/mol. The molecule has 69 heavy (non-hydrogen) atoms. The molecule has 0 N–H and O–H groups in total. The fraction of sp³-hybridized carbons (Fsp3) is 0.571. The van der Waals surface area contributed by atoms with Crippen LogP contribution in [0.1, 0.15) is 213 Å². The molecular formula is C63H98O6. The van der Waals surface area contributed by atoms with Gasteiger partial charge in [0.1, 0.15) is 13.2 Å². The maximum Gasteiger partial charge on any atom is 0.306 e. The molecule has 0 aromatic rings. The highest BCUT2D eigenvalue weighted by atomic mass is 16.6. The summed E-state index contributed by atoms with van der Waals surface area (Å²) in [6.45, 7) is 6.39. The molecule has 0 saturated carbocycles. The van der Waals surface area contributed by atoms with E-state index in [0.717, 1.165) is 77.0 Å². The number of unbranched alkanes of at least 4 members (excludes halogenated alkanes) is 12. The van der Waals surface area contributed by atoms with Gasteiger partial charge in [-0.3, -0.25) is 14.4 Å². The van der Waals surface area contributed by atoms with Gasteiger partial charge in [-0.15, -0.1) is 0 Å². The van der Waals surface area contributed by atoms with E-state index in [1.807, 2.05) is 0 Å². The maximum absolute atomic E-state index is 12.8. The molecular weight excluding hydrogens is 853 g/mol. The molecule has 0 aliphatic heterocycles. The maximum atomic E-state index is 12.8. The summed E-state index contributed by atoms with van der Waals surface area (Å²) in [6, 6.07) is 0. The summed E-state index contributed by atoms with van der Waals surface area (Å²) in [5.41, 5.74) is 0. The second kappa shape index (κ2) is 55.9. The summed E-state index contributed by atoms with van der Waals surface area (Å²) in [7, 11) is 0. The number of esters is 3. The van der Waals surface area contributed by atoms with E-state index in [4.69, 9.17) is 14.2 Å². The molecule has 0 amide bonds. The van der Waals surface area contributed by atoms with Crippen molar-refractivity contribution >= 4 is 17.9 Å². The molecule has 0 unspecified atom stereocenters.